The fourth-order valence-corrected chi connectivity index (χ4v) is 2.82. The molecule has 0 aliphatic carbocycles. The smallest absolute Gasteiger partial charge is 0.407 e. The van der Waals surface area contributed by atoms with E-state index in [2.05, 4.69) is 11.1 Å². The summed E-state index contributed by atoms with van der Waals surface area (Å²) in [5.74, 6) is 1.59. The average Bonchev–Trinajstić information content (AvgIpc) is 2.88. The zero-order valence-corrected chi connectivity index (χ0v) is 11.3. The van der Waals surface area contributed by atoms with E-state index in [9.17, 15) is 4.79 Å². The Morgan fingerprint density at radius 1 is 1.45 bits per heavy atom. The minimum atomic E-state index is -0.798. The van der Waals surface area contributed by atoms with E-state index < -0.39 is 6.09 Å². The van der Waals surface area contributed by atoms with Crippen LogP contribution < -0.4 is 0 Å². The number of hydrogen-bond acceptors (Lipinski definition) is 3. The Bertz CT molecular complexity index is 567. The first-order valence-corrected chi connectivity index (χ1v) is 7.02. The van der Waals surface area contributed by atoms with Crippen molar-refractivity contribution in [2.75, 3.05) is 13.1 Å². The van der Waals surface area contributed by atoms with Gasteiger partial charge in [0.25, 0.3) is 0 Å². The lowest BCUT2D eigenvalue weighted by atomic mass is 9.92. The van der Waals surface area contributed by atoms with Crippen molar-refractivity contribution in [2.24, 2.45) is 5.92 Å². The molecule has 106 valence electrons. The maximum atomic E-state index is 10.8. The van der Waals surface area contributed by atoms with E-state index >= 15 is 0 Å². The Morgan fingerprint density at radius 3 is 2.95 bits per heavy atom. The molecule has 0 radical (unpaired) electrons. The second-order valence-electron chi connectivity index (χ2n) is 5.38. The van der Waals surface area contributed by atoms with Gasteiger partial charge in [0.05, 0.1) is 6.20 Å². The van der Waals surface area contributed by atoms with Gasteiger partial charge in [-0.1, -0.05) is 0 Å². The van der Waals surface area contributed by atoms with Gasteiger partial charge in [0, 0.05) is 31.1 Å². The topological polar surface area (TPSA) is 66.6 Å². The first kappa shape index (κ1) is 13.0. The molecule has 20 heavy (non-hydrogen) atoms. The Hall–Kier alpha value is -2.04. The maximum absolute atomic E-state index is 10.8. The Balaban J connectivity index is 1.54. The summed E-state index contributed by atoms with van der Waals surface area (Å²) in [5.41, 5.74) is 0.836. The number of amides is 1. The molecule has 0 spiro atoms. The molecule has 0 saturated carbocycles. The summed E-state index contributed by atoms with van der Waals surface area (Å²) in [6, 6.07) is 4.02. The SMILES string of the molecule is O=C(O)N1CCC(CCc2cc3ccncc3o2)CC1. The van der Waals surface area contributed by atoms with Crippen LogP contribution in [-0.4, -0.2) is 34.2 Å². The van der Waals surface area contributed by atoms with Gasteiger partial charge >= 0.3 is 6.09 Å². The van der Waals surface area contributed by atoms with Gasteiger partial charge in [0.2, 0.25) is 0 Å². The number of pyridine rings is 1. The number of rotatable bonds is 3. The first-order valence-electron chi connectivity index (χ1n) is 7.02. The molecule has 0 bridgehead atoms. The highest BCUT2D eigenvalue weighted by atomic mass is 16.4. The highest BCUT2D eigenvalue weighted by Gasteiger charge is 2.22. The van der Waals surface area contributed by atoms with Crippen LogP contribution >= 0.6 is 0 Å². The molecular formula is C15H18N2O3. The molecule has 2 aromatic heterocycles. The van der Waals surface area contributed by atoms with Gasteiger partial charge in [-0.15, -0.1) is 0 Å². The van der Waals surface area contributed by atoms with E-state index in [-0.39, 0.29) is 0 Å². The summed E-state index contributed by atoms with van der Waals surface area (Å²) in [7, 11) is 0. The molecule has 0 unspecified atom stereocenters. The van der Waals surface area contributed by atoms with Gasteiger partial charge in [-0.2, -0.15) is 0 Å². The van der Waals surface area contributed by atoms with Crippen LogP contribution in [0, 0.1) is 5.92 Å². The summed E-state index contributed by atoms with van der Waals surface area (Å²) in [6.45, 7) is 1.31. The van der Waals surface area contributed by atoms with Crippen molar-refractivity contribution < 1.29 is 14.3 Å². The highest BCUT2D eigenvalue weighted by Crippen LogP contribution is 2.25. The normalized spacial score (nSPS) is 16.7. The number of piperidine rings is 1. The van der Waals surface area contributed by atoms with Crippen LogP contribution in [0.2, 0.25) is 0 Å². The van der Waals surface area contributed by atoms with Gasteiger partial charge in [0.1, 0.15) is 5.76 Å². The zero-order chi connectivity index (χ0) is 13.9. The molecule has 0 aromatic carbocycles. The molecule has 3 heterocycles. The number of carbonyl (C=O) groups is 1. The highest BCUT2D eigenvalue weighted by molar-refractivity contribution is 5.76. The van der Waals surface area contributed by atoms with Gasteiger partial charge in [-0.05, 0) is 37.3 Å². The Morgan fingerprint density at radius 2 is 2.25 bits per heavy atom. The van der Waals surface area contributed by atoms with Crippen molar-refractivity contribution in [2.45, 2.75) is 25.7 Å². The molecule has 1 fully saturated rings. The lowest BCUT2D eigenvalue weighted by Gasteiger charge is -2.29. The average molecular weight is 274 g/mol. The molecule has 1 saturated heterocycles. The molecule has 1 aliphatic heterocycles. The van der Waals surface area contributed by atoms with Crippen LogP contribution in [-0.2, 0) is 6.42 Å². The van der Waals surface area contributed by atoms with E-state index in [1.165, 1.54) is 4.90 Å². The Labute approximate surface area is 117 Å². The van der Waals surface area contributed by atoms with Crippen LogP contribution in [0.3, 0.4) is 0 Å². The number of furan rings is 1. The van der Waals surface area contributed by atoms with E-state index in [1.54, 1.807) is 12.4 Å². The van der Waals surface area contributed by atoms with Gasteiger partial charge in [-0.3, -0.25) is 4.98 Å². The fraction of sp³-hybridized carbons (Fsp3) is 0.467. The van der Waals surface area contributed by atoms with Gasteiger partial charge < -0.3 is 14.4 Å². The first-order chi connectivity index (χ1) is 9.72. The van der Waals surface area contributed by atoms with E-state index in [0.717, 1.165) is 42.4 Å². The molecule has 0 atom stereocenters. The van der Waals surface area contributed by atoms with Crippen LogP contribution in [0.4, 0.5) is 4.79 Å². The predicted octanol–water partition coefficient (Wildman–Crippen LogP) is 3.15. The third-order valence-electron chi connectivity index (χ3n) is 4.06. The summed E-state index contributed by atoms with van der Waals surface area (Å²) < 4.78 is 5.75. The number of aromatic nitrogens is 1. The number of nitrogens with zero attached hydrogens (tertiary/aromatic N) is 2. The van der Waals surface area contributed by atoms with E-state index in [1.807, 2.05) is 6.07 Å². The number of carboxylic acid groups (broad SMARTS) is 1. The molecule has 1 amide bonds. The second-order valence-corrected chi connectivity index (χ2v) is 5.38. The molecule has 1 aliphatic rings. The number of hydrogen-bond donors (Lipinski definition) is 1. The lowest BCUT2D eigenvalue weighted by Crippen LogP contribution is -2.37. The van der Waals surface area contributed by atoms with Gasteiger partial charge in [0.15, 0.2) is 5.58 Å². The number of fused-ring (bicyclic) bond motifs is 1. The minimum Gasteiger partial charge on any atom is -0.465 e. The second kappa shape index (κ2) is 5.53. The van der Waals surface area contributed by atoms with Crippen LogP contribution in [0.5, 0.6) is 0 Å². The molecule has 3 rings (SSSR count). The van der Waals surface area contributed by atoms with Crippen molar-refractivity contribution in [3.63, 3.8) is 0 Å². The predicted molar refractivity (Wildman–Crippen MR) is 74.7 cm³/mol. The summed E-state index contributed by atoms with van der Waals surface area (Å²) in [4.78, 5) is 16.4. The largest absolute Gasteiger partial charge is 0.465 e. The minimum absolute atomic E-state index is 0.594. The van der Waals surface area contributed by atoms with Crippen LogP contribution in [0.25, 0.3) is 11.0 Å². The van der Waals surface area contributed by atoms with Crippen LogP contribution in [0.15, 0.2) is 28.9 Å². The summed E-state index contributed by atoms with van der Waals surface area (Å²) >= 11 is 0. The molecule has 1 N–H and O–H groups in total. The van der Waals surface area contributed by atoms with Crippen LogP contribution in [0.1, 0.15) is 25.0 Å². The standard InChI is InChI=1S/C15H18N2O3/c18-15(19)17-7-4-11(5-8-17)1-2-13-9-12-3-6-16-10-14(12)20-13/h3,6,9-11H,1-2,4-5,7-8H2,(H,18,19). The van der Waals surface area contributed by atoms with Crippen molar-refractivity contribution in [1.29, 1.82) is 0 Å². The van der Waals surface area contributed by atoms with Crippen molar-refractivity contribution >= 4 is 17.1 Å². The van der Waals surface area contributed by atoms with E-state index in [4.69, 9.17) is 9.52 Å². The van der Waals surface area contributed by atoms with Gasteiger partial charge in [-0.25, -0.2) is 4.79 Å². The zero-order valence-electron chi connectivity index (χ0n) is 11.3. The third kappa shape index (κ3) is 2.76. The van der Waals surface area contributed by atoms with Crippen molar-refractivity contribution in [3.8, 4) is 0 Å². The fourth-order valence-electron chi connectivity index (χ4n) is 2.82. The maximum Gasteiger partial charge on any atom is 0.407 e. The monoisotopic (exact) mass is 274 g/mol. The number of aryl methyl sites for hydroxylation is 1. The van der Waals surface area contributed by atoms with Crippen molar-refractivity contribution in [3.05, 3.63) is 30.3 Å². The van der Waals surface area contributed by atoms with Crippen molar-refractivity contribution in [1.82, 2.24) is 9.88 Å². The van der Waals surface area contributed by atoms with E-state index in [0.29, 0.717) is 19.0 Å². The molecule has 2 aromatic rings. The molecule has 5 heteroatoms. The summed E-state index contributed by atoms with van der Waals surface area (Å²) in [6.07, 6.45) is 6.58. The quantitative estimate of drug-likeness (QED) is 0.933. The number of likely N-dealkylation sites (tertiary alicyclic amines) is 1. The third-order valence-corrected chi connectivity index (χ3v) is 4.06. The Kier molecular flexibility index (Phi) is 3.58. The summed E-state index contributed by atoms with van der Waals surface area (Å²) in [5, 5.41) is 10.0. The molecule has 5 nitrogen and oxygen atoms in total. The molecular weight excluding hydrogens is 256 g/mol. The lowest BCUT2D eigenvalue weighted by molar-refractivity contribution is 0.123.